The third kappa shape index (κ3) is 16.5. The zero-order valence-corrected chi connectivity index (χ0v) is 9.99. The predicted molar refractivity (Wildman–Crippen MR) is 58.5 cm³/mol. The summed E-state index contributed by atoms with van der Waals surface area (Å²) in [5.74, 6) is 0.766. The minimum absolute atomic E-state index is 0.425. The third-order valence-electron chi connectivity index (χ3n) is 1.21. The Morgan fingerprint density at radius 3 is 1.75 bits per heavy atom. The highest BCUT2D eigenvalue weighted by molar-refractivity contribution is 4.64. The summed E-state index contributed by atoms with van der Waals surface area (Å²) in [6, 6.07) is 0. The van der Waals surface area contributed by atoms with Crippen LogP contribution in [0.1, 0.15) is 48.5 Å². The van der Waals surface area contributed by atoms with Crippen LogP contribution in [0.25, 0.3) is 0 Å². The topological polar surface area (TPSA) is 12.0 Å². The van der Waals surface area contributed by atoms with Crippen molar-refractivity contribution in [1.82, 2.24) is 5.32 Å². The summed E-state index contributed by atoms with van der Waals surface area (Å²) in [6.07, 6.45) is 0. The number of rotatable bonds is 3. The molecule has 1 N–H and O–H groups in total. The van der Waals surface area contributed by atoms with Crippen molar-refractivity contribution in [2.75, 3.05) is 13.1 Å². The molecule has 0 heterocycles. The van der Waals surface area contributed by atoms with E-state index in [0.717, 1.165) is 19.0 Å². The Morgan fingerprint density at radius 1 is 1.08 bits per heavy atom. The predicted octanol–water partition coefficient (Wildman–Crippen LogP) is 3.30. The van der Waals surface area contributed by atoms with E-state index in [0.29, 0.717) is 5.41 Å². The second-order valence-electron chi connectivity index (χ2n) is 4.59. The molecule has 0 fully saturated rings. The first-order valence-electron chi connectivity index (χ1n) is 5.12. The molecule has 0 spiro atoms. The second-order valence-corrected chi connectivity index (χ2v) is 4.59. The average Bonchev–Trinajstić information content (AvgIpc) is 1.88. The van der Waals surface area contributed by atoms with E-state index in [1.807, 2.05) is 13.8 Å². The first-order chi connectivity index (χ1) is 5.42. The molecule has 0 aromatic rings. The van der Waals surface area contributed by atoms with E-state index >= 15 is 0 Å². The lowest BCUT2D eigenvalue weighted by Crippen LogP contribution is -2.29. The second kappa shape index (κ2) is 7.60. The number of hydrogen-bond acceptors (Lipinski definition) is 1. The van der Waals surface area contributed by atoms with Crippen LogP contribution in [0, 0.1) is 11.3 Å². The molecule has 0 saturated heterocycles. The van der Waals surface area contributed by atoms with Crippen molar-refractivity contribution >= 4 is 0 Å². The van der Waals surface area contributed by atoms with Gasteiger partial charge in [-0.3, -0.25) is 0 Å². The normalized spacial score (nSPS) is 11.0. The summed E-state index contributed by atoms with van der Waals surface area (Å²) in [5.41, 5.74) is 0.425. The van der Waals surface area contributed by atoms with E-state index in [-0.39, 0.29) is 0 Å². The Labute approximate surface area is 78.9 Å². The van der Waals surface area contributed by atoms with Gasteiger partial charge in [-0.05, 0) is 24.4 Å². The van der Waals surface area contributed by atoms with Gasteiger partial charge < -0.3 is 5.32 Å². The van der Waals surface area contributed by atoms with Crippen molar-refractivity contribution in [3.8, 4) is 0 Å². The lowest BCUT2D eigenvalue weighted by atomic mass is 9.97. The average molecular weight is 173 g/mol. The van der Waals surface area contributed by atoms with Crippen LogP contribution >= 0.6 is 0 Å². The van der Waals surface area contributed by atoms with Gasteiger partial charge in [0.1, 0.15) is 0 Å². The Bertz CT molecular complexity index is 79.5. The Kier molecular flexibility index (Phi) is 9.17. The lowest BCUT2D eigenvalue weighted by molar-refractivity contribution is 0.368. The van der Waals surface area contributed by atoms with E-state index in [1.54, 1.807) is 0 Å². The van der Waals surface area contributed by atoms with E-state index in [2.05, 4.69) is 39.9 Å². The van der Waals surface area contributed by atoms with E-state index in [1.165, 1.54) is 0 Å². The van der Waals surface area contributed by atoms with E-state index < -0.39 is 0 Å². The van der Waals surface area contributed by atoms with Crippen LogP contribution in [0.4, 0.5) is 0 Å². The molecule has 0 bridgehead atoms. The molecule has 0 aliphatic heterocycles. The maximum Gasteiger partial charge on any atom is -0.00000134 e. The minimum Gasteiger partial charge on any atom is -0.316 e. The SMILES string of the molecule is CC.CC(C)CNCC(C)(C)C. The molecule has 12 heavy (non-hydrogen) atoms. The molecule has 76 valence electrons. The van der Waals surface area contributed by atoms with Gasteiger partial charge in [0.15, 0.2) is 0 Å². The van der Waals surface area contributed by atoms with Crippen molar-refractivity contribution in [1.29, 1.82) is 0 Å². The highest BCUT2D eigenvalue weighted by atomic mass is 14.9. The summed E-state index contributed by atoms with van der Waals surface area (Å²) in [4.78, 5) is 0. The molecule has 0 aliphatic carbocycles. The summed E-state index contributed by atoms with van der Waals surface area (Å²) in [6.45, 7) is 17.5. The van der Waals surface area contributed by atoms with Crippen LogP contribution in [-0.4, -0.2) is 13.1 Å². The van der Waals surface area contributed by atoms with Gasteiger partial charge in [0, 0.05) is 0 Å². The fourth-order valence-electron chi connectivity index (χ4n) is 0.736. The van der Waals surface area contributed by atoms with Gasteiger partial charge in [-0.15, -0.1) is 0 Å². The van der Waals surface area contributed by atoms with E-state index in [4.69, 9.17) is 0 Å². The Morgan fingerprint density at radius 2 is 1.50 bits per heavy atom. The fourth-order valence-corrected chi connectivity index (χ4v) is 0.736. The monoisotopic (exact) mass is 173 g/mol. The molecule has 0 unspecified atom stereocenters. The Hall–Kier alpha value is -0.0400. The fraction of sp³-hybridized carbons (Fsp3) is 1.00. The summed E-state index contributed by atoms with van der Waals surface area (Å²) in [5, 5.41) is 3.42. The number of hydrogen-bond donors (Lipinski definition) is 1. The lowest BCUT2D eigenvalue weighted by Gasteiger charge is -2.19. The van der Waals surface area contributed by atoms with Crippen LogP contribution in [0.15, 0.2) is 0 Å². The van der Waals surface area contributed by atoms with Gasteiger partial charge in [0.05, 0.1) is 0 Å². The summed E-state index contributed by atoms with van der Waals surface area (Å²) < 4.78 is 0. The van der Waals surface area contributed by atoms with Crippen LogP contribution in [-0.2, 0) is 0 Å². The molecular weight excluding hydrogens is 146 g/mol. The highest BCUT2D eigenvalue weighted by Gasteiger charge is 2.08. The van der Waals surface area contributed by atoms with Gasteiger partial charge in [0.2, 0.25) is 0 Å². The maximum absolute atomic E-state index is 3.42. The molecule has 0 amide bonds. The van der Waals surface area contributed by atoms with Crippen molar-refractivity contribution < 1.29 is 0 Å². The molecule has 0 radical (unpaired) electrons. The molecule has 0 saturated carbocycles. The molecule has 0 aromatic heterocycles. The minimum atomic E-state index is 0.425. The Balaban J connectivity index is 0. The summed E-state index contributed by atoms with van der Waals surface area (Å²) in [7, 11) is 0. The van der Waals surface area contributed by atoms with Crippen molar-refractivity contribution in [3.05, 3.63) is 0 Å². The first kappa shape index (κ1) is 14.5. The van der Waals surface area contributed by atoms with Gasteiger partial charge in [-0.2, -0.15) is 0 Å². The molecular formula is C11H27N. The van der Waals surface area contributed by atoms with Crippen LogP contribution in [0.2, 0.25) is 0 Å². The molecule has 1 heteroatoms. The number of nitrogens with one attached hydrogen (secondary N) is 1. The molecule has 0 aromatic carbocycles. The molecule has 0 atom stereocenters. The third-order valence-corrected chi connectivity index (χ3v) is 1.21. The van der Waals surface area contributed by atoms with Gasteiger partial charge in [0.25, 0.3) is 0 Å². The van der Waals surface area contributed by atoms with Gasteiger partial charge in [-0.1, -0.05) is 48.5 Å². The molecule has 0 aliphatic rings. The van der Waals surface area contributed by atoms with Crippen molar-refractivity contribution in [3.63, 3.8) is 0 Å². The van der Waals surface area contributed by atoms with Gasteiger partial charge >= 0.3 is 0 Å². The largest absolute Gasteiger partial charge is 0.316 e. The quantitative estimate of drug-likeness (QED) is 0.690. The zero-order chi connectivity index (χ0) is 10.2. The van der Waals surface area contributed by atoms with Crippen LogP contribution in [0.5, 0.6) is 0 Å². The molecule has 0 rings (SSSR count). The van der Waals surface area contributed by atoms with Crippen molar-refractivity contribution in [2.45, 2.75) is 48.5 Å². The van der Waals surface area contributed by atoms with Crippen LogP contribution < -0.4 is 5.32 Å². The van der Waals surface area contributed by atoms with E-state index in [9.17, 15) is 0 Å². The van der Waals surface area contributed by atoms with Crippen molar-refractivity contribution in [2.24, 2.45) is 11.3 Å². The molecule has 1 nitrogen and oxygen atoms in total. The van der Waals surface area contributed by atoms with Gasteiger partial charge in [-0.25, -0.2) is 0 Å². The van der Waals surface area contributed by atoms with Crippen LogP contribution in [0.3, 0.4) is 0 Å². The maximum atomic E-state index is 3.42. The summed E-state index contributed by atoms with van der Waals surface area (Å²) >= 11 is 0. The standard InChI is InChI=1S/C9H21N.C2H6/c1-8(2)6-10-7-9(3,4)5;1-2/h8,10H,6-7H2,1-5H3;1-2H3. The smallest absolute Gasteiger partial charge is 0.00000134 e. The first-order valence-corrected chi connectivity index (χ1v) is 5.12. The highest BCUT2D eigenvalue weighted by Crippen LogP contribution is 2.10. The zero-order valence-electron chi connectivity index (χ0n) is 9.99.